The van der Waals surface area contributed by atoms with E-state index in [1.807, 2.05) is 41.8 Å². The van der Waals surface area contributed by atoms with Crippen molar-refractivity contribution < 1.29 is 18.8 Å². The van der Waals surface area contributed by atoms with E-state index in [-0.39, 0.29) is 23.8 Å². The molecule has 0 saturated carbocycles. The number of fused-ring (bicyclic) bond motifs is 6. The van der Waals surface area contributed by atoms with Crippen molar-refractivity contribution in [2.75, 3.05) is 26.2 Å². The summed E-state index contributed by atoms with van der Waals surface area (Å²) in [7, 11) is 0. The van der Waals surface area contributed by atoms with Gasteiger partial charge in [0.25, 0.3) is 0 Å². The third-order valence-electron chi connectivity index (χ3n) is 7.69. The van der Waals surface area contributed by atoms with E-state index in [1.54, 1.807) is 0 Å². The summed E-state index contributed by atoms with van der Waals surface area (Å²) >= 11 is 1.51. The molecule has 0 spiro atoms. The lowest BCUT2D eigenvalue weighted by Crippen LogP contribution is -2.64. The number of hydrogen-bond acceptors (Lipinski definition) is 4. The molecule has 3 aromatic rings. The molecule has 7 rings (SSSR count). The largest absolute Gasteiger partial charge is 0.452 e. The van der Waals surface area contributed by atoms with Gasteiger partial charge in [0, 0.05) is 24.0 Å². The first-order valence-electron chi connectivity index (χ1n) is 11.4. The van der Waals surface area contributed by atoms with Crippen LogP contribution in [0.5, 0.6) is 0 Å². The number of Topliss-reactive ketones (excluding diaryl/α,β-unsaturated/α-hetero) is 1. The molecule has 3 fully saturated rings. The van der Waals surface area contributed by atoms with E-state index in [9.17, 15) is 9.59 Å². The number of rotatable bonds is 5. The minimum atomic E-state index is -0.341. The van der Waals surface area contributed by atoms with E-state index in [4.69, 9.17) is 4.74 Å². The Morgan fingerprint density at radius 3 is 2.19 bits per heavy atom. The van der Waals surface area contributed by atoms with Gasteiger partial charge in [-0.15, -0.1) is 11.3 Å². The Labute approximate surface area is 192 Å². The Kier molecular flexibility index (Phi) is 4.77. The van der Waals surface area contributed by atoms with Crippen molar-refractivity contribution >= 4 is 23.1 Å². The van der Waals surface area contributed by atoms with Gasteiger partial charge in [-0.2, -0.15) is 0 Å². The summed E-state index contributed by atoms with van der Waals surface area (Å²) in [5.74, 6) is 0.336. The molecule has 1 aliphatic carbocycles. The zero-order valence-corrected chi connectivity index (χ0v) is 18.7. The minimum Gasteiger partial charge on any atom is -0.452 e. The predicted octanol–water partition coefficient (Wildman–Crippen LogP) is 5.10. The molecule has 3 saturated heterocycles. The molecule has 2 aromatic carbocycles. The van der Waals surface area contributed by atoms with Crippen molar-refractivity contribution in [3.8, 4) is 11.1 Å². The monoisotopic (exact) mass is 444 g/mol. The van der Waals surface area contributed by atoms with Crippen LogP contribution in [0.3, 0.4) is 0 Å². The molecule has 4 nitrogen and oxygen atoms in total. The quantitative estimate of drug-likeness (QED) is 0.312. The van der Waals surface area contributed by atoms with Gasteiger partial charge in [-0.25, -0.2) is 0 Å². The summed E-state index contributed by atoms with van der Waals surface area (Å²) in [6.07, 6.45) is 1.65. The Morgan fingerprint density at radius 2 is 1.56 bits per heavy atom. The van der Waals surface area contributed by atoms with Crippen molar-refractivity contribution in [1.29, 1.82) is 0 Å². The van der Waals surface area contributed by atoms with Gasteiger partial charge in [0.05, 0.1) is 24.5 Å². The molecule has 3 aliphatic heterocycles. The lowest BCUT2D eigenvalue weighted by molar-refractivity contribution is -0.938. The van der Waals surface area contributed by atoms with E-state index in [0.717, 1.165) is 64.1 Å². The van der Waals surface area contributed by atoms with Crippen molar-refractivity contribution in [2.45, 2.75) is 18.9 Å². The van der Waals surface area contributed by atoms with Gasteiger partial charge < -0.3 is 9.22 Å². The van der Waals surface area contributed by atoms with Crippen molar-refractivity contribution in [3.05, 3.63) is 82.0 Å². The summed E-state index contributed by atoms with van der Waals surface area (Å²) in [6.45, 7) is 3.18. The smallest absolute Gasteiger partial charge is 0.315 e. The third-order valence-corrected chi connectivity index (χ3v) is 8.60. The maximum absolute atomic E-state index is 13.5. The first-order chi connectivity index (χ1) is 15.6. The van der Waals surface area contributed by atoms with E-state index in [0.29, 0.717) is 12.5 Å². The van der Waals surface area contributed by atoms with E-state index in [1.165, 1.54) is 11.3 Å². The van der Waals surface area contributed by atoms with Gasteiger partial charge in [-0.3, -0.25) is 9.59 Å². The van der Waals surface area contributed by atoms with Crippen LogP contribution in [0.4, 0.5) is 0 Å². The zero-order valence-electron chi connectivity index (χ0n) is 17.9. The minimum absolute atomic E-state index is 0.100. The molecule has 5 heteroatoms. The van der Waals surface area contributed by atoms with Crippen molar-refractivity contribution in [1.82, 2.24) is 0 Å². The number of esters is 1. The lowest BCUT2D eigenvalue weighted by Gasteiger charge is -2.51. The van der Waals surface area contributed by atoms with Gasteiger partial charge in [0.15, 0.2) is 6.10 Å². The number of ether oxygens (including phenoxy) is 1. The second-order valence-electron chi connectivity index (χ2n) is 9.47. The van der Waals surface area contributed by atoms with Crippen LogP contribution in [-0.2, 0) is 9.53 Å². The number of hydrogen-bond donors (Lipinski definition) is 0. The Balaban J connectivity index is 1.23. The van der Waals surface area contributed by atoms with Gasteiger partial charge >= 0.3 is 5.97 Å². The maximum Gasteiger partial charge on any atom is 0.315 e. The van der Waals surface area contributed by atoms with Gasteiger partial charge in [-0.1, -0.05) is 54.6 Å². The molecule has 4 heterocycles. The molecule has 0 radical (unpaired) electrons. The average molecular weight is 445 g/mol. The van der Waals surface area contributed by atoms with Crippen LogP contribution in [0.2, 0.25) is 0 Å². The lowest BCUT2D eigenvalue weighted by atomic mass is 9.77. The molecule has 0 amide bonds. The van der Waals surface area contributed by atoms with Gasteiger partial charge in [-0.05, 0) is 28.5 Å². The topological polar surface area (TPSA) is 43.4 Å². The summed E-state index contributed by atoms with van der Waals surface area (Å²) < 4.78 is 6.97. The van der Waals surface area contributed by atoms with Crippen LogP contribution in [0.1, 0.15) is 39.7 Å². The number of benzene rings is 2. The van der Waals surface area contributed by atoms with Crippen LogP contribution in [0.15, 0.2) is 66.0 Å². The molecule has 2 bridgehead atoms. The van der Waals surface area contributed by atoms with Crippen LogP contribution >= 0.6 is 11.3 Å². The first kappa shape index (κ1) is 19.9. The molecule has 1 atom stereocenters. The summed E-state index contributed by atoms with van der Waals surface area (Å²) in [4.78, 5) is 27.2. The van der Waals surface area contributed by atoms with E-state index < -0.39 is 0 Å². The molecule has 162 valence electrons. The fourth-order valence-electron chi connectivity index (χ4n) is 6.04. The molecular weight excluding hydrogens is 418 g/mol. The summed E-state index contributed by atoms with van der Waals surface area (Å²) in [5.41, 5.74) is 4.44. The zero-order chi connectivity index (χ0) is 21.7. The Hall–Kier alpha value is -2.76. The number of piperidine rings is 3. The van der Waals surface area contributed by atoms with E-state index >= 15 is 0 Å². The van der Waals surface area contributed by atoms with E-state index in [2.05, 4.69) is 24.3 Å². The number of carbonyl (C=O) groups is 2. The number of quaternary nitrogens is 1. The molecule has 0 N–H and O–H groups in total. The number of ketones is 1. The van der Waals surface area contributed by atoms with Crippen molar-refractivity contribution in [3.63, 3.8) is 0 Å². The Morgan fingerprint density at radius 1 is 0.906 bits per heavy atom. The second-order valence-corrected chi connectivity index (χ2v) is 10.4. The third kappa shape index (κ3) is 3.23. The first-order valence-corrected chi connectivity index (χ1v) is 12.3. The highest BCUT2D eigenvalue weighted by Gasteiger charge is 2.50. The van der Waals surface area contributed by atoms with Crippen LogP contribution in [-0.4, -0.2) is 42.4 Å². The SMILES string of the molecule is O=C(C[N+]12CCC(CC1)C(C(=O)OC1c3ccccc3-c3ccccc31)C2)c1cccs1. The number of nitrogens with zero attached hydrogens (tertiary/aromatic N) is 1. The van der Waals surface area contributed by atoms with Gasteiger partial charge in [0.1, 0.15) is 12.5 Å². The predicted molar refractivity (Wildman–Crippen MR) is 124 cm³/mol. The standard InChI is InChI=1S/C27H26NO3S/c29-24(25-10-5-15-32-25)17-28-13-11-18(12-14-28)23(16-28)27(30)31-26-21-8-3-1-6-19(21)20-7-2-4-9-22(20)26/h1-10,15,18,23,26H,11-14,16-17H2/q+1. The van der Waals surface area contributed by atoms with Crippen LogP contribution < -0.4 is 0 Å². The molecule has 1 unspecified atom stereocenters. The molecule has 1 aromatic heterocycles. The van der Waals surface area contributed by atoms with Crippen molar-refractivity contribution in [2.24, 2.45) is 11.8 Å². The molecular formula is C27H26NO3S+. The fourth-order valence-corrected chi connectivity index (χ4v) is 6.69. The van der Waals surface area contributed by atoms with Gasteiger partial charge in [0.2, 0.25) is 5.78 Å². The maximum atomic E-state index is 13.5. The second kappa shape index (κ2) is 7.68. The molecule has 4 aliphatic rings. The normalized spacial score (nSPS) is 25.9. The van der Waals surface area contributed by atoms with Crippen LogP contribution in [0, 0.1) is 11.8 Å². The highest BCUT2D eigenvalue weighted by molar-refractivity contribution is 7.12. The fraction of sp³-hybridized carbons (Fsp3) is 0.333. The average Bonchev–Trinajstić information content (AvgIpc) is 3.48. The highest BCUT2D eigenvalue weighted by Crippen LogP contribution is 2.46. The summed E-state index contributed by atoms with van der Waals surface area (Å²) in [6, 6.07) is 20.3. The summed E-state index contributed by atoms with van der Waals surface area (Å²) in [5, 5.41) is 1.95. The molecule has 32 heavy (non-hydrogen) atoms. The number of carbonyl (C=O) groups excluding carboxylic acids is 2. The highest BCUT2D eigenvalue weighted by atomic mass is 32.1. The Bertz CT molecular complexity index is 1130. The van der Waals surface area contributed by atoms with Crippen LogP contribution in [0.25, 0.3) is 11.1 Å². The number of thiophene rings is 1.